The van der Waals surface area contributed by atoms with E-state index in [1.165, 1.54) is 25.1 Å². The molecule has 2 heterocycles. The second kappa shape index (κ2) is 6.30. The van der Waals surface area contributed by atoms with Crippen LogP contribution in [0.25, 0.3) is 0 Å². The van der Waals surface area contributed by atoms with Gasteiger partial charge in [0.15, 0.2) is 0 Å². The van der Waals surface area contributed by atoms with Gasteiger partial charge in [0.25, 0.3) is 0 Å². The average molecular weight is 247 g/mol. The predicted octanol–water partition coefficient (Wildman–Crippen LogP) is 2.61. The van der Waals surface area contributed by atoms with Crippen molar-refractivity contribution in [3.8, 4) is 0 Å². The maximum Gasteiger partial charge on any atom is 0.0572 e. The summed E-state index contributed by atoms with van der Waals surface area (Å²) < 4.78 is 0. The van der Waals surface area contributed by atoms with Crippen molar-refractivity contribution in [1.29, 1.82) is 0 Å². The lowest BCUT2D eigenvalue weighted by atomic mass is 10.0. The van der Waals surface area contributed by atoms with Gasteiger partial charge in [-0.05, 0) is 38.4 Å². The summed E-state index contributed by atoms with van der Waals surface area (Å²) in [4.78, 5) is 7.03. The van der Waals surface area contributed by atoms with Crippen molar-refractivity contribution >= 4 is 0 Å². The Morgan fingerprint density at radius 1 is 1.33 bits per heavy atom. The normalized spacial score (nSPS) is 23.2. The van der Waals surface area contributed by atoms with Crippen LogP contribution in [0.1, 0.15) is 45.3 Å². The van der Waals surface area contributed by atoms with Gasteiger partial charge < -0.3 is 5.32 Å². The van der Waals surface area contributed by atoms with Crippen molar-refractivity contribution in [2.24, 2.45) is 0 Å². The number of nitrogens with zero attached hydrogens (tertiary/aromatic N) is 2. The molecule has 1 aromatic rings. The zero-order valence-electron chi connectivity index (χ0n) is 11.8. The molecule has 100 valence electrons. The molecule has 1 fully saturated rings. The van der Waals surface area contributed by atoms with E-state index in [2.05, 4.69) is 48.1 Å². The lowest BCUT2D eigenvalue weighted by molar-refractivity contribution is 0.140. The number of rotatable bonds is 4. The van der Waals surface area contributed by atoms with Crippen LogP contribution in [0.5, 0.6) is 0 Å². The number of pyridine rings is 1. The third-order valence-corrected chi connectivity index (χ3v) is 3.69. The van der Waals surface area contributed by atoms with Gasteiger partial charge in [0, 0.05) is 30.9 Å². The topological polar surface area (TPSA) is 28.2 Å². The van der Waals surface area contributed by atoms with E-state index in [1.54, 1.807) is 0 Å². The summed E-state index contributed by atoms with van der Waals surface area (Å²) in [5.74, 6) is 0. The molecule has 3 nitrogen and oxygen atoms in total. The standard InChI is InChI=1S/C15H25N3/c1-12(2)17-14-7-6-10-18(11-14)13(3)15-8-4-5-9-16-15/h4-5,8-9,12-14,17H,6-7,10-11H2,1-3H3. The smallest absolute Gasteiger partial charge is 0.0572 e. The first kappa shape index (κ1) is 13.5. The highest BCUT2D eigenvalue weighted by atomic mass is 15.2. The van der Waals surface area contributed by atoms with Crippen molar-refractivity contribution in [3.63, 3.8) is 0 Å². The lowest BCUT2D eigenvalue weighted by Crippen LogP contribution is -2.48. The second-order valence-corrected chi connectivity index (χ2v) is 5.59. The second-order valence-electron chi connectivity index (χ2n) is 5.59. The first-order valence-corrected chi connectivity index (χ1v) is 7.08. The van der Waals surface area contributed by atoms with Crippen LogP contribution in [0.15, 0.2) is 24.4 Å². The van der Waals surface area contributed by atoms with E-state index in [0.29, 0.717) is 18.1 Å². The van der Waals surface area contributed by atoms with Crippen LogP contribution in [0, 0.1) is 0 Å². The maximum atomic E-state index is 4.48. The van der Waals surface area contributed by atoms with E-state index in [1.807, 2.05) is 12.3 Å². The van der Waals surface area contributed by atoms with Crippen LogP contribution < -0.4 is 5.32 Å². The fraction of sp³-hybridized carbons (Fsp3) is 0.667. The Labute approximate surface area is 111 Å². The summed E-state index contributed by atoms with van der Waals surface area (Å²) in [6, 6.07) is 7.81. The molecular weight excluding hydrogens is 222 g/mol. The molecule has 0 saturated carbocycles. The first-order valence-electron chi connectivity index (χ1n) is 7.08. The number of likely N-dealkylation sites (tertiary alicyclic amines) is 1. The molecule has 3 heteroatoms. The summed E-state index contributed by atoms with van der Waals surface area (Å²) in [6.07, 6.45) is 4.46. The molecule has 0 bridgehead atoms. The Kier molecular flexibility index (Phi) is 4.72. The van der Waals surface area contributed by atoms with E-state index in [4.69, 9.17) is 0 Å². The van der Waals surface area contributed by atoms with E-state index in [-0.39, 0.29) is 0 Å². The number of nitrogens with one attached hydrogen (secondary N) is 1. The molecule has 18 heavy (non-hydrogen) atoms. The maximum absolute atomic E-state index is 4.48. The number of aromatic nitrogens is 1. The van der Waals surface area contributed by atoms with E-state index in [0.717, 1.165) is 6.54 Å². The Balaban J connectivity index is 1.96. The average Bonchev–Trinajstić information content (AvgIpc) is 2.38. The van der Waals surface area contributed by atoms with Crippen LogP contribution in [0.3, 0.4) is 0 Å². The number of hydrogen-bond donors (Lipinski definition) is 1. The van der Waals surface area contributed by atoms with Crippen molar-refractivity contribution < 1.29 is 0 Å². The van der Waals surface area contributed by atoms with Crippen LogP contribution in [-0.4, -0.2) is 35.1 Å². The fourth-order valence-corrected chi connectivity index (χ4v) is 2.78. The zero-order chi connectivity index (χ0) is 13.0. The Bertz CT molecular complexity index is 350. The highest BCUT2D eigenvalue weighted by Gasteiger charge is 2.24. The molecule has 1 aromatic heterocycles. The molecule has 1 saturated heterocycles. The molecule has 2 atom stereocenters. The number of hydrogen-bond acceptors (Lipinski definition) is 3. The van der Waals surface area contributed by atoms with E-state index < -0.39 is 0 Å². The molecule has 0 radical (unpaired) electrons. The summed E-state index contributed by atoms with van der Waals surface area (Å²) in [7, 11) is 0. The van der Waals surface area contributed by atoms with Crippen molar-refractivity contribution in [3.05, 3.63) is 30.1 Å². The fourth-order valence-electron chi connectivity index (χ4n) is 2.78. The van der Waals surface area contributed by atoms with Gasteiger partial charge in [-0.15, -0.1) is 0 Å². The molecule has 0 aliphatic carbocycles. The van der Waals surface area contributed by atoms with E-state index >= 15 is 0 Å². The molecule has 1 aliphatic rings. The Morgan fingerprint density at radius 2 is 2.17 bits per heavy atom. The molecule has 1 N–H and O–H groups in total. The highest BCUT2D eigenvalue weighted by molar-refractivity contribution is 5.08. The minimum Gasteiger partial charge on any atom is -0.311 e. The van der Waals surface area contributed by atoms with Gasteiger partial charge in [0.1, 0.15) is 0 Å². The van der Waals surface area contributed by atoms with Gasteiger partial charge in [0.05, 0.1) is 5.69 Å². The third-order valence-electron chi connectivity index (χ3n) is 3.69. The quantitative estimate of drug-likeness (QED) is 0.886. The van der Waals surface area contributed by atoms with Gasteiger partial charge >= 0.3 is 0 Å². The minimum atomic E-state index is 0.419. The predicted molar refractivity (Wildman–Crippen MR) is 75.5 cm³/mol. The van der Waals surface area contributed by atoms with Crippen LogP contribution >= 0.6 is 0 Å². The summed E-state index contributed by atoms with van der Waals surface area (Å²) in [6.45, 7) is 9.03. The van der Waals surface area contributed by atoms with Gasteiger partial charge in [-0.25, -0.2) is 0 Å². The van der Waals surface area contributed by atoms with Crippen molar-refractivity contribution in [2.75, 3.05) is 13.1 Å². The van der Waals surface area contributed by atoms with Crippen molar-refractivity contribution in [1.82, 2.24) is 15.2 Å². The van der Waals surface area contributed by atoms with Crippen LogP contribution in [-0.2, 0) is 0 Å². The molecular formula is C15H25N3. The molecule has 1 aliphatic heterocycles. The summed E-state index contributed by atoms with van der Waals surface area (Å²) in [5.41, 5.74) is 1.18. The summed E-state index contributed by atoms with van der Waals surface area (Å²) in [5, 5.41) is 3.66. The highest BCUT2D eigenvalue weighted by Crippen LogP contribution is 2.22. The van der Waals surface area contributed by atoms with Gasteiger partial charge in [-0.3, -0.25) is 9.88 Å². The van der Waals surface area contributed by atoms with Crippen LogP contribution in [0.4, 0.5) is 0 Å². The molecule has 2 unspecified atom stereocenters. The molecule has 2 rings (SSSR count). The van der Waals surface area contributed by atoms with Gasteiger partial charge in [-0.1, -0.05) is 19.9 Å². The minimum absolute atomic E-state index is 0.419. The first-order chi connectivity index (χ1) is 8.66. The zero-order valence-corrected chi connectivity index (χ0v) is 11.8. The van der Waals surface area contributed by atoms with Gasteiger partial charge in [-0.2, -0.15) is 0 Å². The summed E-state index contributed by atoms with van der Waals surface area (Å²) >= 11 is 0. The number of piperidine rings is 1. The van der Waals surface area contributed by atoms with Gasteiger partial charge in [0.2, 0.25) is 0 Å². The molecule has 0 amide bonds. The largest absolute Gasteiger partial charge is 0.311 e. The molecule has 0 aromatic carbocycles. The van der Waals surface area contributed by atoms with E-state index in [9.17, 15) is 0 Å². The Hall–Kier alpha value is -0.930. The monoisotopic (exact) mass is 247 g/mol. The SMILES string of the molecule is CC(C)NC1CCCN(C(C)c2ccccn2)C1. The van der Waals surface area contributed by atoms with Crippen molar-refractivity contribution in [2.45, 2.75) is 51.7 Å². The van der Waals surface area contributed by atoms with Crippen LogP contribution in [0.2, 0.25) is 0 Å². The Morgan fingerprint density at radius 3 is 2.83 bits per heavy atom. The molecule has 0 spiro atoms. The third kappa shape index (κ3) is 3.53. The lowest BCUT2D eigenvalue weighted by Gasteiger charge is -2.37.